The molecule has 0 bridgehead atoms. The second-order valence-corrected chi connectivity index (χ2v) is 5.56. The van der Waals surface area contributed by atoms with E-state index in [4.69, 9.17) is 4.74 Å². The summed E-state index contributed by atoms with van der Waals surface area (Å²) in [6, 6.07) is 19.0. The van der Waals surface area contributed by atoms with Crippen LogP contribution in [-0.4, -0.2) is 22.5 Å². The van der Waals surface area contributed by atoms with Gasteiger partial charge in [0.25, 0.3) is 0 Å². The number of hydrogen-bond donors (Lipinski definition) is 1. The number of aromatic nitrogens is 2. The molecule has 1 heterocycles. The van der Waals surface area contributed by atoms with Crippen molar-refractivity contribution in [2.75, 3.05) is 6.61 Å². The number of hydrogen-bond acceptors (Lipinski definition) is 4. The van der Waals surface area contributed by atoms with Crippen molar-refractivity contribution in [2.24, 2.45) is 0 Å². The molecule has 0 aliphatic rings. The zero-order chi connectivity index (χ0) is 18.0. The molecule has 0 fully saturated rings. The van der Waals surface area contributed by atoms with Crippen molar-refractivity contribution in [2.45, 2.75) is 6.04 Å². The molecule has 0 aliphatic heterocycles. The van der Waals surface area contributed by atoms with Crippen LogP contribution in [0.5, 0.6) is 5.75 Å². The Morgan fingerprint density at radius 1 is 1.04 bits per heavy atom. The van der Waals surface area contributed by atoms with Crippen LogP contribution >= 0.6 is 0 Å². The molecule has 0 aliphatic carbocycles. The van der Waals surface area contributed by atoms with Crippen molar-refractivity contribution < 1.29 is 9.53 Å². The van der Waals surface area contributed by atoms with Crippen molar-refractivity contribution in [3.8, 4) is 5.75 Å². The van der Waals surface area contributed by atoms with Gasteiger partial charge >= 0.3 is 0 Å². The fraction of sp³-hybridized carbons (Fsp3) is 0.0952. The van der Waals surface area contributed by atoms with E-state index in [1.165, 1.54) is 6.08 Å². The van der Waals surface area contributed by atoms with E-state index in [0.29, 0.717) is 12.3 Å². The van der Waals surface area contributed by atoms with Crippen molar-refractivity contribution in [1.29, 1.82) is 0 Å². The molecule has 3 rings (SSSR count). The molecule has 0 saturated heterocycles. The van der Waals surface area contributed by atoms with Crippen LogP contribution in [0.3, 0.4) is 0 Å². The van der Waals surface area contributed by atoms with Gasteiger partial charge < -0.3 is 10.1 Å². The number of amides is 1. The van der Waals surface area contributed by atoms with Crippen LogP contribution in [0, 0.1) is 0 Å². The zero-order valence-electron chi connectivity index (χ0n) is 14.2. The first-order chi connectivity index (χ1) is 12.8. The number of carbonyl (C=O) groups is 1. The number of nitrogens with one attached hydrogen (secondary N) is 1. The zero-order valence-corrected chi connectivity index (χ0v) is 14.2. The molecule has 2 aromatic carbocycles. The Morgan fingerprint density at radius 3 is 2.46 bits per heavy atom. The highest BCUT2D eigenvalue weighted by Gasteiger charge is 2.14. The van der Waals surface area contributed by atoms with E-state index in [2.05, 4.69) is 15.3 Å². The van der Waals surface area contributed by atoms with E-state index in [1.807, 2.05) is 60.7 Å². The average Bonchev–Trinajstić information content (AvgIpc) is 2.72. The Morgan fingerprint density at radius 2 is 1.77 bits per heavy atom. The first-order valence-electron chi connectivity index (χ1n) is 8.28. The first kappa shape index (κ1) is 17.4. The molecular formula is C21H19N3O2. The molecule has 5 heteroatoms. The Labute approximate surface area is 152 Å². The van der Waals surface area contributed by atoms with Crippen LogP contribution in [0.15, 0.2) is 85.3 Å². The highest BCUT2D eigenvalue weighted by molar-refractivity contribution is 5.91. The Balaban J connectivity index is 1.67. The molecule has 0 saturated carbocycles. The topological polar surface area (TPSA) is 64.1 Å². The average molecular weight is 345 g/mol. The van der Waals surface area contributed by atoms with Crippen LogP contribution in [0.1, 0.15) is 17.3 Å². The second-order valence-electron chi connectivity index (χ2n) is 5.56. The van der Waals surface area contributed by atoms with Gasteiger partial charge in [-0.1, -0.05) is 48.5 Å². The van der Waals surface area contributed by atoms with E-state index < -0.39 is 0 Å². The van der Waals surface area contributed by atoms with Gasteiger partial charge in [-0.05, 0) is 23.8 Å². The molecule has 0 spiro atoms. The van der Waals surface area contributed by atoms with Gasteiger partial charge in [-0.3, -0.25) is 14.8 Å². The molecule has 3 aromatic rings. The minimum atomic E-state index is -0.268. The summed E-state index contributed by atoms with van der Waals surface area (Å²) in [4.78, 5) is 20.4. The number of para-hydroxylation sites is 1. The Hall–Kier alpha value is -3.47. The molecule has 1 N–H and O–H groups in total. The maximum atomic E-state index is 12.3. The van der Waals surface area contributed by atoms with Crippen molar-refractivity contribution >= 4 is 12.0 Å². The predicted molar refractivity (Wildman–Crippen MR) is 100 cm³/mol. The lowest BCUT2D eigenvalue weighted by molar-refractivity contribution is -0.117. The predicted octanol–water partition coefficient (Wildman–Crippen LogP) is 3.43. The van der Waals surface area contributed by atoms with Gasteiger partial charge in [0.05, 0.1) is 17.9 Å². The number of benzene rings is 2. The van der Waals surface area contributed by atoms with Crippen molar-refractivity contribution in [3.63, 3.8) is 0 Å². The third kappa shape index (κ3) is 5.27. The van der Waals surface area contributed by atoms with Crippen LogP contribution in [0.4, 0.5) is 0 Å². The van der Waals surface area contributed by atoms with Gasteiger partial charge in [0.1, 0.15) is 12.4 Å². The van der Waals surface area contributed by atoms with Crippen LogP contribution in [0.25, 0.3) is 6.08 Å². The highest BCUT2D eigenvalue weighted by atomic mass is 16.5. The number of carbonyl (C=O) groups excluding carboxylic acids is 1. The van der Waals surface area contributed by atoms with Gasteiger partial charge in [-0.15, -0.1) is 0 Å². The third-order valence-electron chi connectivity index (χ3n) is 3.67. The molecule has 1 atom stereocenters. The quantitative estimate of drug-likeness (QED) is 0.667. The molecule has 1 amide bonds. The molecule has 1 aromatic heterocycles. The summed E-state index contributed by atoms with van der Waals surface area (Å²) in [6.45, 7) is 0.332. The Bertz CT molecular complexity index is 837. The largest absolute Gasteiger partial charge is 0.491 e. The highest BCUT2D eigenvalue weighted by Crippen LogP contribution is 2.16. The lowest BCUT2D eigenvalue weighted by Gasteiger charge is -2.19. The van der Waals surface area contributed by atoms with Crippen molar-refractivity contribution in [1.82, 2.24) is 15.3 Å². The van der Waals surface area contributed by atoms with Gasteiger partial charge in [0, 0.05) is 18.5 Å². The second kappa shape index (κ2) is 9.13. The van der Waals surface area contributed by atoms with Gasteiger partial charge in [0.2, 0.25) is 5.91 Å². The number of nitrogens with zero attached hydrogens (tertiary/aromatic N) is 2. The summed E-state index contributed by atoms with van der Waals surface area (Å²) in [6.07, 6.45) is 7.84. The van der Waals surface area contributed by atoms with E-state index in [-0.39, 0.29) is 11.9 Å². The summed E-state index contributed by atoms with van der Waals surface area (Å²) in [5, 5.41) is 2.97. The summed E-state index contributed by atoms with van der Waals surface area (Å²) >= 11 is 0. The standard InChI is InChI=1S/C21H19N3O2/c25-21(12-11-18-15-22-13-14-23-18)24-20(17-7-3-1-4-8-17)16-26-19-9-5-2-6-10-19/h1-15,20H,16H2,(H,24,25)/b12-11+/t20-/m0/s1. The summed E-state index contributed by atoms with van der Waals surface area (Å²) in [7, 11) is 0. The molecule has 0 unspecified atom stereocenters. The van der Waals surface area contributed by atoms with E-state index in [1.54, 1.807) is 24.7 Å². The molecule has 130 valence electrons. The number of ether oxygens (including phenoxy) is 1. The van der Waals surface area contributed by atoms with E-state index in [9.17, 15) is 4.79 Å². The van der Waals surface area contributed by atoms with E-state index in [0.717, 1.165) is 11.3 Å². The van der Waals surface area contributed by atoms with E-state index >= 15 is 0 Å². The lowest BCUT2D eigenvalue weighted by Crippen LogP contribution is -2.31. The molecule has 26 heavy (non-hydrogen) atoms. The van der Waals surface area contributed by atoms with Gasteiger partial charge in [-0.2, -0.15) is 0 Å². The maximum Gasteiger partial charge on any atom is 0.244 e. The van der Waals surface area contributed by atoms with Crippen LogP contribution in [0.2, 0.25) is 0 Å². The minimum Gasteiger partial charge on any atom is -0.491 e. The monoisotopic (exact) mass is 345 g/mol. The summed E-state index contributed by atoms with van der Waals surface area (Å²) < 4.78 is 5.83. The summed E-state index contributed by atoms with van der Waals surface area (Å²) in [5.41, 5.74) is 1.60. The lowest BCUT2D eigenvalue weighted by atomic mass is 10.1. The van der Waals surface area contributed by atoms with Gasteiger partial charge in [-0.25, -0.2) is 0 Å². The van der Waals surface area contributed by atoms with Crippen LogP contribution < -0.4 is 10.1 Å². The molecule has 0 radical (unpaired) electrons. The molecular weight excluding hydrogens is 326 g/mol. The summed E-state index contributed by atoms with van der Waals surface area (Å²) in [5.74, 6) is 0.541. The number of rotatable bonds is 7. The fourth-order valence-electron chi connectivity index (χ4n) is 2.38. The molecule has 5 nitrogen and oxygen atoms in total. The first-order valence-corrected chi connectivity index (χ1v) is 8.28. The SMILES string of the molecule is O=C(/C=C/c1cnccn1)N[C@@H](COc1ccccc1)c1ccccc1. The van der Waals surface area contributed by atoms with Gasteiger partial charge in [0.15, 0.2) is 0 Å². The van der Waals surface area contributed by atoms with Crippen molar-refractivity contribution in [3.05, 3.63) is 96.6 Å². The van der Waals surface area contributed by atoms with Crippen LogP contribution in [-0.2, 0) is 4.79 Å². The Kier molecular flexibility index (Phi) is 6.09. The maximum absolute atomic E-state index is 12.3. The fourth-order valence-corrected chi connectivity index (χ4v) is 2.38. The third-order valence-corrected chi connectivity index (χ3v) is 3.67. The normalized spacial score (nSPS) is 11.8. The smallest absolute Gasteiger partial charge is 0.244 e. The minimum absolute atomic E-state index is 0.221.